The van der Waals surface area contributed by atoms with E-state index in [0.717, 1.165) is 5.01 Å². The van der Waals surface area contributed by atoms with Gasteiger partial charge in [0.15, 0.2) is 0 Å². The average Bonchev–Trinajstić information content (AvgIpc) is 2.58. The Hall–Kier alpha value is -0.440. The third kappa shape index (κ3) is 2.77. The van der Waals surface area contributed by atoms with Crippen LogP contribution in [0.2, 0.25) is 0 Å². The van der Waals surface area contributed by atoms with Crippen LogP contribution in [0.25, 0.3) is 0 Å². The molecule has 0 atom stereocenters. The largest absolute Gasteiger partial charge is 0.249 e. The Balaban J connectivity index is 0.000000791. The summed E-state index contributed by atoms with van der Waals surface area (Å²) in [6.45, 7) is 10.9. The summed E-state index contributed by atoms with van der Waals surface area (Å²) >= 11 is 1.51. The Labute approximate surface area is 90.4 Å². The molecule has 1 aromatic heterocycles. The lowest BCUT2D eigenvalue weighted by molar-refractivity contribution is 0.114. The maximum atomic E-state index is 13.7. The lowest BCUT2D eigenvalue weighted by Gasteiger charge is -2.32. The van der Waals surface area contributed by atoms with Crippen LogP contribution in [0.3, 0.4) is 0 Å². The van der Waals surface area contributed by atoms with Crippen molar-refractivity contribution in [2.75, 3.05) is 0 Å². The zero-order chi connectivity index (χ0) is 11.4. The molecule has 0 aromatic carbocycles. The molecule has 0 N–H and O–H groups in total. The van der Waals surface area contributed by atoms with E-state index in [2.05, 4.69) is 4.98 Å². The van der Waals surface area contributed by atoms with E-state index in [0.29, 0.717) is 0 Å². The number of rotatable bonds is 2. The molecular formula is C11H20FNS. The second kappa shape index (κ2) is 4.87. The van der Waals surface area contributed by atoms with E-state index < -0.39 is 11.1 Å². The summed E-state index contributed by atoms with van der Waals surface area (Å²) in [6.07, 6.45) is 1.72. The number of aromatic nitrogens is 1. The van der Waals surface area contributed by atoms with Crippen molar-refractivity contribution in [1.29, 1.82) is 0 Å². The van der Waals surface area contributed by atoms with Crippen LogP contribution < -0.4 is 0 Å². The van der Waals surface area contributed by atoms with Crippen LogP contribution in [-0.4, -0.2) is 10.7 Å². The van der Waals surface area contributed by atoms with Gasteiger partial charge in [0.2, 0.25) is 0 Å². The van der Waals surface area contributed by atoms with Crippen molar-refractivity contribution < 1.29 is 4.39 Å². The van der Waals surface area contributed by atoms with Crippen LogP contribution in [0.1, 0.15) is 46.6 Å². The molecule has 1 nitrogen and oxygen atoms in total. The van der Waals surface area contributed by atoms with Gasteiger partial charge in [0, 0.05) is 11.6 Å². The molecule has 0 aliphatic carbocycles. The fourth-order valence-corrected chi connectivity index (χ4v) is 1.70. The minimum absolute atomic E-state index is 0.499. The Morgan fingerprint density at radius 3 is 2.00 bits per heavy atom. The Morgan fingerprint density at radius 2 is 1.71 bits per heavy atom. The number of hydrogen-bond acceptors (Lipinski definition) is 2. The highest BCUT2D eigenvalue weighted by Crippen LogP contribution is 2.38. The zero-order valence-electron chi connectivity index (χ0n) is 9.89. The maximum absolute atomic E-state index is 13.7. The van der Waals surface area contributed by atoms with Gasteiger partial charge in [0.1, 0.15) is 10.7 Å². The van der Waals surface area contributed by atoms with Gasteiger partial charge in [-0.1, -0.05) is 27.7 Å². The molecule has 0 amide bonds. The Morgan fingerprint density at radius 1 is 1.21 bits per heavy atom. The van der Waals surface area contributed by atoms with Crippen molar-refractivity contribution in [3.63, 3.8) is 0 Å². The highest BCUT2D eigenvalue weighted by Gasteiger charge is 2.40. The van der Waals surface area contributed by atoms with Gasteiger partial charge in [-0.05, 0) is 13.8 Å². The first kappa shape index (κ1) is 13.6. The van der Waals surface area contributed by atoms with E-state index in [9.17, 15) is 4.39 Å². The lowest BCUT2D eigenvalue weighted by atomic mass is 9.79. The molecule has 1 rings (SSSR count). The second-order valence-electron chi connectivity index (χ2n) is 3.93. The van der Waals surface area contributed by atoms with E-state index in [4.69, 9.17) is 0 Å². The van der Waals surface area contributed by atoms with Gasteiger partial charge in [0.25, 0.3) is 0 Å². The molecular weight excluding hydrogens is 197 g/mol. The lowest BCUT2D eigenvalue weighted by Crippen LogP contribution is -2.38. The first-order valence-corrected chi connectivity index (χ1v) is 5.82. The molecule has 0 aliphatic heterocycles. The highest BCUT2D eigenvalue weighted by molar-refractivity contribution is 7.09. The van der Waals surface area contributed by atoms with E-state index in [-0.39, 0.29) is 0 Å². The van der Waals surface area contributed by atoms with Gasteiger partial charge in [-0.25, -0.2) is 9.37 Å². The monoisotopic (exact) mass is 217 g/mol. The quantitative estimate of drug-likeness (QED) is 0.723. The zero-order valence-corrected chi connectivity index (χ0v) is 10.7. The predicted molar refractivity (Wildman–Crippen MR) is 61.7 cm³/mol. The fourth-order valence-electron chi connectivity index (χ4n) is 0.786. The highest BCUT2D eigenvalue weighted by atomic mass is 32.1. The summed E-state index contributed by atoms with van der Waals surface area (Å²) in [5.74, 6) is 0. The predicted octanol–water partition coefficient (Wildman–Crippen LogP) is 4.20. The molecule has 0 bridgehead atoms. The normalized spacial score (nSPS) is 11.9. The van der Waals surface area contributed by atoms with Gasteiger partial charge in [-0.2, -0.15) is 0 Å². The third-order valence-electron chi connectivity index (χ3n) is 2.45. The third-order valence-corrected chi connectivity index (χ3v) is 3.55. The number of hydrogen-bond donors (Lipinski definition) is 0. The molecule has 0 spiro atoms. The first-order valence-electron chi connectivity index (χ1n) is 4.94. The van der Waals surface area contributed by atoms with Crippen molar-refractivity contribution in [3.05, 3.63) is 16.6 Å². The molecule has 0 unspecified atom stereocenters. The second-order valence-corrected chi connectivity index (χ2v) is 4.83. The summed E-state index contributed by atoms with van der Waals surface area (Å²) in [5, 5.41) is 2.73. The minimum Gasteiger partial charge on any atom is -0.249 e. The van der Waals surface area contributed by atoms with E-state index >= 15 is 0 Å². The van der Waals surface area contributed by atoms with Crippen molar-refractivity contribution in [2.45, 2.75) is 52.6 Å². The van der Waals surface area contributed by atoms with Crippen LogP contribution in [0, 0.1) is 0 Å². The smallest absolute Gasteiger partial charge is 0.116 e. The van der Waals surface area contributed by atoms with Crippen molar-refractivity contribution >= 4 is 11.3 Å². The van der Waals surface area contributed by atoms with Gasteiger partial charge in [0.05, 0.1) is 5.41 Å². The summed E-state index contributed by atoms with van der Waals surface area (Å²) < 4.78 is 13.7. The molecule has 0 saturated carbocycles. The van der Waals surface area contributed by atoms with Gasteiger partial charge in [-0.3, -0.25) is 0 Å². The SMILES string of the molecule is CC.CC(C)(F)C(C)(C)c1nccs1. The van der Waals surface area contributed by atoms with Crippen molar-refractivity contribution in [1.82, 2.24) is 4.98 Å². The van der Waals surface area contributed by atoms with E-state index in [1.807, 2.05) is 33.1 Å². The van der Waals surface area contributed by atoms with Crippen molar-refractivity contribution in [2.24, 2.45) is 0 Å². The van der Waals surface area contributed by atoms with Crippen molar-refractivity contribution in [3.8, 4) is 0 Å². The number of alkyl halides is 1. The molecule has 3 heteroatoms. The number of nitrogens with zero attached hydrogens (tertiary/aromatic N) is 1. The topological polar surface area (TPSA) is 12.9 Å². The van der Waals surface area contributed by atoms with E-state index in [1.54, 1.807) is 20.0 Å². The van der Waals surface area contributed by atoms with Crippen LogP contribution in [0.4, 0.5) is 4.39 Å². The summed E-state index contributed by atoms with van der Waals surface area (Å²) in [4.78, 5) is 4.13. The number of thiazole rings is 1. The maximum Gasteiger partial charge on any atom is 0.116 e. The van der Waals surface area contributed by atoms with Crippen LogP contribution in [0.15, 0.2) is 11.6 Å². The minimum atomic E-state index is -1.23. The summed E-state index contributed by atoms with van der Waals surface area (Å²) in [6, 6.07) is 0. The fraction of sp³-hybridized carbons (Fsp3) is 0.727. The summed E-state index contributed by atoms with van der Waals surface area (Å²) in [7, 11) is 0. The summed E-state index contributed by atoms with van der Waals surface area (Å²) in [5.41, 5.74) is -1.73. The number of halogens is 1. The van der Waals surface area contributed by atoms with Gasteiger partial charge < -0.3 is 0 Å². The molecule has 0 saturated heterocycles. The molecule has 0 aliphatic rings. The van der Waals surface area contributed by atoms with Crippen LogP contribution in [0.5, 0.6) is 0 Å². The molecule has 0 radical (unpaired) electrons. The van der Waals surface area contributed by atoms with Gasteiger partial charge >= 0.3 is 0 Å². The molecule has 14 heavy (non-hydrogen) atoms. The molecule has 82 valence electrons. The first-order chi connectivity index (χ1) is 6.36. The Kier molecular flexibility index (Phi) is 4.72. The van der Waals surface area contributed by atoms with Crippen LogP contribution >= 0.6 is 11.3 Å². The van der Waals surface area contributed by atoms with Gasteiger partial charge in [-0.15, -0.1) is 11.3 Å². The molecule has 1 aromatic rings. The average molecular weight is 217 g/mol. The molecule has 0 fully saturated rings. The van der Waals surface area contributed by atoms with E-state index in [1.165, 1.54) is 11.3 Å². The standard InChI is InChI=1S/C9H14FNS.C2H6/c1-8(2,9(3,4)10)7-11-5-6-12-7;1-2/h5-6H,1-4H3;1-2H3. The van der Waals surface area contributed by atoms with Crippen LogP contribution in [-0.2, 0) is 5.41 Å². The molecule has 1 heterocycles. The Bertz CT molecular complexity index is 247.